The van der Waals surface area contributed by atoms with E-state index in [-0.39, 0.29) is 12.1 Å². The SMILES string of the molecule is COC(=O)c1ccc2nc(CN3CCN(c4cccc(OCC5CCCCC5)n4)CC3)n(CC3CCO3)c2c1. The normalized spacial score (nSPS) is 20.6. The van der Waals surface area contributed by atoms with E-state index in [1.807, 2.05) is 18.2 Å². The molecule has 2 saturated heterocycles. The highest BCUT2D eigenvalue weighted by Gasteiger charge is 2.25. The number of piperazine rings is 1. The average molecular weight is 534 g/mol. The van der Waals surface area contributed by atoms with Gasteiger partial charge in [-0.25, -0.2) is 9.78 Å². The van der Waals surface area contributed by atoms with Crippen molar-refractivity contribution >= 4 is 22.8 Å². The molecule has 1 aromatic carbocycles. The van der Waals surface area contributed by atoms with Gasteiger partial charge in [0.2, 0.25) is 5.88 Å². The van der Waals surface area contributed by atoms with E-state index in [2.05, 4.69) is 26.5 Å². The van der Waals surface area contributed by atoms with E-state index < -0.39 is 0 Å². The van der Waals surface area contributed by atoms with E-state index in [9.17, 15) is 4.79 Å². The van der Waals surface area contributed by atoms with Crippen molar-refractivity contribution in [1.29, 1.82) is 0 Å². The van der Waals surface area contributed by atoms with Gasteiger partial charge in [0.05, 0.1) is 49.5 Å². The van der Waals surface area contributed by atoms with E-state index >= 15 is 0 Å². The summed E-state index contributed by atoms with van der Waals surface area (Å²) in [5, 5.41) is 0. The number of carbonyl (C=O) groups excluding carboxylic acids is 1. The van der Waals surface area contributed by atoms with E-state index in [0.717, 1.165) is 87.5 Å². The number of hydrogen-bond acceptors (Lipinski definition) is 8. The van der Waals surface area contributed by atoms with Crippen molar-refractivity contribution in [2.75, 3.05) is 51.4 Å². The Hall–Kier alpha value is -3.17. The molecule has 0 radical (unpaired) electrons. The van der Waals surface area contributed by atoms with Gasteiger partial charge in [0.1, 0.15) is 11.6 Å². The molecule has 2 aromatic heterocycles. The monoisotopic (exact) mass is 533 g/mol. The van der Waals surface area contributed by atoms with Crippen LogP contribution in [0, 0.1) is 5.92 Å². The molecule has 39 heavy (non-hydrogen) atoms. The maximum atomic E-state index is 12.2. The summed E-state index contributed by atoms with van der Waals surface area (Å²) < 4.78 is 19.0. The second-order valence-corrected chi connectivity index (χ2v) is 11.0. The van der Waals surface area contributed by atoms with E-state index in [0.29, 0.717) is 11.5 Å². The lowest BCUT2D eigenvalue weighted by molar-refractivity contribution is -0.0592. The third-order valence-corrected chi connectivity index (χ3v) is 8.39. The molecule has 0 spiro atoms. The molecular formula is C30H39N5O4. The summed E-state index contributed by atoms with van der Waals surface area (Å²) in [7, 11) is 1.41. The fraction of sp³-hybridized carbons (Fsp3) is 0.567. The molecule has 1 unspecified atom stereocenters. The van der Waals surface area contributed by atoms with Crippen LogP contribution in [0.5, 0.6) is 5.88 Å². The van der Waals surface area contributed by atoms with Gasteiger partial charge in [0.15, 0.2) is 0 Å². The Morgan fingerprint density at radius 1 is 1.03 bits per heavy atom. The summed E-state index contributed by atoms with van der Waals surface area (Å²) in [6, 6.07) is 11.7. The number of esters is 1. The number of methoxy groups -OCH3 is 1. The third kappa shape index (κ3) is 6.04. The molecule has 6 rings (SSSR count). The number of rotatable bonds is 9. The van der Waals surface area contributed by atoms with Crippen molar-refractivity contribution in [3.05, 3.63) is 47.8 Å². The molecule has 0 bridgehead atoms. The van der Waals surface area contributed by atoms with Gasteiger partial charge in [-0.2, -0.15) is 4.98 Å². The van der Waals surface area contributed by atoms with Crippen molar-refractivity contribution in [3.63, 3.8) is 0 Å². The van der Waals surface area contributed by atoms with Gasteiger partial charge in [-0.15, -0.1) is 0 Å². The zero-order valence-electron chi connectivity index (χ0n) is 22.9. The van der Waals surface area contributed by atoms with Gasteiger partial charge >= 0.3 is 5.97 Å². The van der Waals surface area contributed by atoms with Crippen LogP contribution < -0.4 is 9.64 Å². The number of carbonyl (C=O) groups is 1. The van der Waals surface area contributed by atoms with E-state index in [1.54, 1.807) is 6.07 Å². The molecule has 1 atom stereocenters. The first-order chi connectivity index (χ1) is 19.2. The van der Waals surface area contributed by atoms with Crippen LogP contribution in [0.15, 0.2) is 36.4 Å². The van der Waals surface area contributed by atoms with Gasteiger partial charge in [-0.1, -0.05) is 25.3 Å². The van der Waals surface area contributed by atoms with E-state index in [4.69, 9.17) is 24.2 Å². The number of hydrogen-bond donors (Lipinski definition) is 0. The van der Waals surface area contributed by atoms with Gasteiger partial charge in [0, 0.05) is 38.9 Å². The maximum Gasteiger partial charge on any atom is 0.337 e. The summed E-state index contributed by atoms with van der Waals surface area (Å²) in [6.07, 6.45) is 7.80. The number of fused-ring (bicyclic) bond motifs is 1. The van der Waals surface area contributed by atoms with Crippen molar-refractivity contribution in [3.8, 4) is 5.88 Å². The van der Waals surface area contributed by atoms with Crippen LogP contribution in [0.1, 0.15) is 54.7 Å². The molecule has 4 heterocycles. The molecule has 3 fully saturated rings. The molecule has 3 aromatic rings. The Morgan fingerprint density at radius 3 is 2.59 bits per heavy atom. The molecule has 9 heteroatoms. The summed E-state index contributed by atoms with van der Waals surface area (Å²) >= 11 is 0. The Balaban J connectivity index is 1.10. The van der Waals surface area contributed by atoms with Crippen LogP contribution >= 0.6 is 0 Å². The topological polar surface area (TPSA) is 82.0 Å². The van der Waals surface area contributed by atoms with Crippen LogP contribution in [0.4, 0.5) is 5.82 Å². The maximum absolute atomic E-state index is 12.2. The summed E-state index contributed by atoms with van der Waals surface area (Å²) in [4.78, 5) is 26.7. The summed E-state index contributed by atoms with van der Waals surface area (Å²) in [5.74, 6) is 3.06. The van der Waals surface area contributed by atoms with Crippen LogP contribution in [0.25, 0.3) is 11.0 Å². The Kier molecular flexibility index (Phi) is 7.97. The molecule has 9 nitrogen and oxygen atoms in total. The smallest absolute Gasteiger partial charge is 0.337 e. The number of nitrogens with zero attached hydrogens (tertiary/aromatic N) is 5. The first-order valence-corrected chi connectivity index (χ1v) is 14.4. The third-order valence-electron chi connectivity index (χ3n) is 8.39. The summed E-state index contributed by atoms with van der Waals surface area (Å²) in [6.45, 7) is 6.72. The molecule has 1 saturated carbocycles. The van der Waals surface area contributed by atoms with Gasteiger partial charge in [-0.05, 0) is 49.4 Å². The lowest BCUT2D eigenvalue weighted by Gasteiger charge is -2.35. The number of aromatic nitrogens is 3. The first kappa shape index (κ1) is 26.1. The fourth-order valence-electron chi connectivity index (χ4n) is 5.93. The highest BCUT2D eigenvalue weighted by atomic mass is 16.5. The highest BCUT2D eigenvalue weighted by molar-refractivity contribution is 5.93. The predicted molar refractivity (Wildman–Crippen MR) is 149 cm³/mol. The van der Waals surface area contributed by atoms with Gasteiger partial charge in [-0.3, -0.25) is 4.90 Å². The Labute approximate surface area is 230 Å². The zero-order valence-corrected chi connectivity index (χ0v) is 22.9. The molecule has 0 N–H and O–H groups in total. The number of benzene rings is 1. The van der Waals surface area contributed by atoms with Crippen LogP contribution in [-0.2, 0) is 22.6 Å². The molecule has 1 aliphatic carbocycles. The highest BCUT2D eigenvalue weighted by Crippen LogP contribution is 2.26. The average Bonchev–Trinajstić information content (AvgIpc) is 3.30. The molecule has 0 amide bonds. The van der Waals surface area contributed by atoms with Crippen molar-refractivity contribution < 1.29 is 19.0 Å². The Morgan fingerprint density at radius 2 is 1.85 bits per heavy atom. The minimum Gasteiger partial charge on any atom is -0.477 e. The molecule has 3 aliphatic rings. The second-order valence-electron chi connectivity index (χ2n) is 11.0. The first-order valence-electron chi connectivity index (χ1n) is 14.4. The molecule has 208 valence electrons. The Bertz CT molecular complexity index is 1280. The number of imidazole rings is 1. The molecule has 2 aliphatic heterocycles. The minimum absolute atomic E-state index is 0.193. The second kappa shape index (κ2) is 11.9. The fourth-order valence-corrected chi connectivity index (χ4v) is 5.93. The standard InChI is InChI=1S/C30H39N5O4/c1-37-30(36)23-10-11-25-26(18-23)35(19-24-12-17-38-24)28(31-25)20-33-13-15-34(16-14-33)27-8-5-9-29(32-27)39-21-22-6-3-2-4-7-22/h5,8-11,18,22,24H,2-4,6-7,12-17,19-21H2,1H3. The lowest BCUT2D eigenvalue weighted by Crippen LogP contribution is -2.46. The zero-order chi connectivity index (χ0) is 26.6. The quantitative estimate of drug-likeness (QED) is 0.377. The number of pyridine rings is 1. The minimum atomic E-state index is -0.334. The van der Waals surface area contributed by atoms with Crippen molar-refractivity contribution in [2.24, 2.45) is 5.92 Å². The molecular weight excluding hydrogens is 494 g/mol. The number of anilines is 1. The lowest BCUT2D eigenvalue weighted by atomic mass is 9.90. The van der Waals surface area contributed by atoms with Crippen molar-refractivity contribution in [2.45, 2.75) is 57.7 Å². The van der Waals surface area contributed by atoms with Crippen LogP contribution in [0.3, 0.4) is 0 Å². The van der Waals surface area contributed by atoms with Gasteiger partial charge in [0.25, 0.3) is 0 Å². The van der Waals surface area contributed by atoms with Gasteiger partial charge < -0.3 is 23.7 Å². The number of ether oxygens (including phenoxy) is 3. The summed E-state index contributed by atoms with van der Waals surface area (Å²) in [5.41, 5.74) is 2.39. The largest absolute Gasteiger partial charge is 0.477 e. The van der Waals surface area contributed by atoms with Crippen LogP contribution in [-0.4, -0.2) is 78.0 Å². The van der Waals surface area contributed by atoms with Crippen molar-refractivity contribution in [1.82, 2.24) is 19.4 Å². The predicted octanol–water partition coefficient (Wildman–Crippen LogP) is 4.29. The van der Waals surface area contributed by atoms with E-state index in [1.165, 1.54) is 39.2 Å². The van der Waals surface area contributed by atoms with Crippen LogP contribution in [0.2, 0.25) is 0 Å².